The van der Waals surface area contributed by atoms with E-state index in [0.29, 0.717) is 12.5 Å². The number of hydrogen-bond donors (Lipinski definition) is 2. The van der Waals surface area contributed by atoms with Crippen LogP contribution in [0.25, 0.3) is 0 Å². The van der Waals surface area contributed by atoms with E-state index in [-0.39, 0.29) is 5.75 Å². The molecule has 1 atom stereocenters. The highest BCUT2D eigenvalue weighted by molar-refractivity contribution is 7.85. The summed E-state index contributed by atoms with van der Waals surface area (Å²) in [6.07, 6.45) is 2.42. The van der Waals surface area contributed by atoms with Crippen LogP contribution in [0.1, 0.15) is 26.2 Å². The van der Waals surface area contributed by atoms with Gasteiger partial charge in [-0.25, -0.2) is 0 Å². The van der Waals surface area contributed by atoms with Gasteiger partial charge in [0.15, 0.2) is 0 Å². The van der Waals surface area contributed by atoms with Gasteiger partial charge in [-0.15, -0.1) is 0 Å². The maximum Gasteiger partial charge on any atom is 0.264 e. The molecule has 6 heteroatoms. The molecule has 5 nitrogen and oxygen atoms in total. The number of hydrogen-bond acceptors (Lipinski definition) is 4. The molecule has 1 rings (SSSR count). The molecule has 96 valence electrons. The Morgan fingerprint density at radius 2 is 2.00 bits per heavy atom. The first-order valence-corrected chi connectivity index (χ1v) is 7.54. The fourth-order valence-electron chi connectivity index (χ4n) is 2.19. The van der Waals surface area contributed by atoms with Gasteiger partial charge in [-0.05, 0) is 19.3 Å². The molecule has 0 amide bonds. The molecule has 1 heterocycles. The van der Waals surface area contributed by atoms with Crippen LogP contribution in [-0.2, 0) is 10.1 Å². The molecule has 2 N–H and O–H groups in total. The van der Waals surface area contributed by atoms with Crippen LogP contribution in [0.15, 0.2) is 0 Å². The highest BCUT2D eigenvalue weighted by atomic mass is 32.2. The van der Waals surface area contributed by atoms with Crippen LogP contribution < -0.4 is 5.32 Å². The summed E-state index contributed by atoms with van der Waals surface area (Å²) in [6, 6.07) is 0.448. The van der Waals surface area contributed by atoms with E-state index in [0.717, 1.165) is 39.0 Å². The van der Waals surface area contributed by atoms with Crippen molar-refractivity contribution in [3.8, 4) is 0 Å². The molecule has 0 bridgehead atoms. The highest BCUT2D eigenvalue weighted by Crippen LogP contribution is 2.12. The minimum Gasteiger partial charge on any atom is -0.314 e. The van der Waals surface area contributed by atoms with E-state index in [4.69, 9.17) is 4.55 Å². The van der Waals surface area contributed by atoms with Crippen molar-refractivity contribution in [1.29, 1.82) is 0 Å². The van der Waals surface area contributed by atoms with Crippen LogP contribution in [0, 0.1) is 0 Å². The lowest BCUT2D eigenvalue weighted by Gasteiger charge is -2.34. The topological polar surface area (TPSA) is 69.6 Å². The van der Waals surface area contributed by atoms with Gasteiger partial charge in [-0.1, -0.05) is 6.92 Å². The Labute approximate surface area is 98.0 Å². The normalized spacial score (nSPS) is 20.9. The first-order chi connectivity index (χ1) is 7.53. The summed E-state index contributed by atoms with van der Waals surface area (Å²) in [5.74, 6) is -0.115. The van der Waals surface area contributed by atoms with Crippen LogP contribution in [0.4, 0.5) is 0 Å². The predicted molar refractivity (Wildman–Crippen MR) is 64.2 cm³/mol. The lowest BCUT2D eigenvalue weighted by molar-refractivity contribution is 0.160. The van der Waals surface area contributed by atoms with E-state index in [2.05, 4.69) is 17.1 Å². The van der Waals surface area contributed by atoms with Crippen LogP contribution in [0.2, 0.25) is 0 Å². The minimum atomic E-state index is -3.79. The summed E-state index contributed by atoms with van der Waals surface area (Å²) in [5, 5.41) is 3.30. The second kappa shape index (κ2) is 6.54. The summed E-state index contributed by atoms with van der Waals surface area (Å²) in [4.78, 5) is 2.40. The molecule has 1 unspecified atom stereocenters. The van der Waals surface area contributed by atoms with E-state index in [1.165, 1.54) is 0 Å². The number of rotatable bonds is 6. The van der Waals surface area contributed by atoms with Crippen molar-refractivity contribution in [2.24, 2.45) is 0 Å². The number of nitrogens with zero attached hydrogens (tertiary/aromatic N) is 1. The molecular formula is C10H22N2O3S. The van der Waals surface area contributed by atoms with Gasteiger partial charge < -0.3 is 5.32 Å². The van der Waals surface area contributed by atoms with Crippen molar-refractivity contribution in [3.63, 3.8) is 0 Å². The molecule has 16 heavy (non-hydrogen) atoms. The first kappa shape index (κ1) is 13.9. The van der Waals surface area contributed by atoms with Crippen molar-refractivity contribution in [3.05, 3.63) is 0 Å². The van der Waals surface area contributed by atoms with Crippen LogP contribution >= 0.6 is 0 Å². The maximum absolute atomic E-state index is 10.6. The molecule has 0 aromatic rings. The van der Waals surface area contributed by atoms with E-state index in [9.17, 15) is 8.42 Å². The van der Waals surface area contributed by atoms with Gasteiger partial charge in [0, 0.05) is 32.2 Å². The van der Waals surface area contributed by atoms with Crippen LogP contribution in [0.3, 0.4) is 0 Å². The molecule has 1 aliphatic rings. The van der Waals surface area contributed by atoms with E-state index < -0.39 is 10.1 Å². The average molecular weight is 250 g/mol. The Kier molecular flexibility index (Phi) is 5.68. The quantitative estimate of drug-likeness (QED) is 0.665. The largest absolute Gasteiger partial charge is 0.314 e. The number of piperazine rings is 1. The van der Waals surface area contributed by atoms with Crippen molar-refractivity contribution in [2.45, 2.75) is 32.2 Å². The molecule has 0 aliphatic carbocycles. The lowest BCUT2D eigenvalue weighted by Crippen LogP contribution is -2.48. The van der Waals surface area contributed by atoms with Gasteiger partial charge in [0.2, 0.25) is 0 Å². The molecular weight excluding hydrogens is 228 g/mol. The van der Waals surface area contributed by atoms with Gasteiger partial charge in [0.25, 0.3) is 10.1 Å². The minimum absolute atomic E-state index is 0.115. The van der Waals surface area contributed by atoms with Crippen molar-refractivity contribution < 1.29 is 13.0 Å². The summed E-state index contributed by atoms with van der Waals surface area (Å²) < 4.78 is 29.9. The molecule has 0 saturated carbocycles. The zero-order chi connectivity index (χ0) is 12.0. The van der Waals surface area contributed by atoms with Gasteiger partial charge in [-0.2, -0.15) is 8.42 Å². The number of nitrogens with one attached hydrogen (secondary N) is 1. The third-order valence-corrected chi connectivity index (χ3v) is 3.88. The van der Waals surface area contributed by atoms with Crippen molar-refractivity contribution >= 4 is 10.1 Å². The summed E-state index contributed by atoms with van der Waals surface area (Å²) >= 11 is 0. The van der Waals surface area contributed by atoms with E-state index >= 15 is 0 Å². The van der Waals surface area contributed by atoms with Gasteiger partial charge in [0.05, 0.1) is 5.75 Å². The first-order valence-electron chi connectivity index (χ1n) is 5.93. The zero-order valence-electron chi connectivity index (χ0n) is 9.85. The third kappa shape index (κ3) is 5.25. The molecule has 1 saturated heterocycles. The Hall–Kier alpha value is -0.170. The van der Waals surface area contributed by atoms with E-state index in [1.54, 1.807) is 0 Å². The highest BCUT2D eigenvalue weighted by Gasteiger charge is 2.19. The Bertz CT molecular complexity index is 286. The monoisotopic (exact) mass is 250 g/mol. The standard InChI is InChI=1S/C10H22N2O3S/c1-2-10(4-3-9-16(13,14)15)12-7-5-11-6-8-12/h10-11H,2-9H2,1H3,(H,13,14,15). The second-order valence-electron chi connectivity index (χ2n) is 4.28. The summed E-state index contributed by atoms with van der Waals surface area (Å²) in [5.41, 5.74) is 0. The van der Waals surface area contributed by atoms with Gasteiger partial charge >= 0.3 is 0 Å². The third-order valence-electron chi connectivity index (χ3n) is 3.08. The summed E-state index contributed by atoms with van der Waals surface area (Å²) in [7, 11) is -3.79. The van der Waals surface area contributed by atoms with Gasteiger partial charge in [0.1, 0.15) is 0 Å². The molecule has 0 aromatic heterocycles. The Balaban J connectivity index is 2.30. The second-order valence-corrected chi connectivity index (χ2v) is 5.85. The Morgan fingerprint density at radius 3 is 2.50 bits per heavy atom. The Morgan fingerprint density at radius 1 is 1.38 bits per heavy atom. The van der Waals surface area contributed by atoms with E-state index in [1.807, 2.05) is 0 Å². The average Bonchev–Trinajstić information content (AvgIpc) is 2.24. The smallest absolute Gasteiger partial charge is 0.264 e. The molecule has 1 fully saturated rings. The fourth-order valence-corrected chi connectivity index (χ4v) is 2.73. The maximum atomic E-state index is 10.6. The molecule has 0 radical (unpaired) electrons. The molecule has 0 aromatic carbocycles. The zero-order valence-corrected chi connectivity index (χ0v) is 10.7. The molecule has 0 spiro atoms. The SMILES string of the molecule is CCC(CCCS(=O)(=O)O)N1CCNCC1. The van der Waals surface area contributed by atoms with Crippen LogP contribution in [-0.4, -0.2) is 55.8 Å². The van der Waals surface area contributed by atoms with Crippen molar-refractivity contribution in [2.75, 3.05) is 31.9 Å². The lowest BCUT2D eigenvalue weighted by atomic mass is 10.1. The van der Waals surface area contributed by atoms with Gasteiger partial charge in [-0.3, -0.25) is 9.45 Å². The predicted octanol–water partition coefficient (Wildman–Crippen LogP) is 0.338. The van der Waals surface area contributed by atoms with Crippen LogP contribution in [0.5, 0.6) is 0 Å². The fraction of sp³-hybridized carbons (Fsp3) is 1.00. The summed E-state index contributed by atoms with van der Waals surface area (Å²) in [6.45, 7) is 6.21. The molecule has 1 aliphatic heterocycles. The van der Waals surface area contributed by atoms with Crippen molar-refractivity contribution in [1.82, 2.24) is 10.2 Å².